The lowest BCUT2D eigenvalue weighted by Gasteiger charge is -2.18. The van der Waals surface area contributed by atoms with E-state index < -0.39 is 0 Å². The number of benzene rings is 1. The van der Waals surface area contributed by atoms with Crippen LogP contribution in [-0.2, 0) is 19.4 Å². The number of hydrogen-bond donors (Lipinski definition) is 2. The summed E-state index contributed by atoms with van der Waals surface area (Å²) in [6, 6.07) is 10.7. The van der Waals surface area contributed by atoms with Crippen LogP contribution in [0, 0.1) is 0 Å². The van der Waals surface area contributed by atoms with Gasteiger partial charge in [0.15, 0.2) is 5.96 Å². The van der Waals surface area contributed by atoms with Crippen molar-refractivity contribution in [3.63, 3.8) is 0 Å². The lowest BCUT2D eigenvalue weighted by atomic mass is 10.1. The zero-order valence-corrected chi connectivity index (χ0v) is 19.4. The van der Waals surface area contributed by atoms with Crippen molar-refractivity contribution in [3.05, 3.63) is 47.5 Å². The van der Waals surface area contributed by atoms with Crippen LogP contribution in [0.25, 0.3) is 0 Å². The van der Waals surface area contributed by atoms with E-state index in [0.717, 1.165) is 56.5 Å². The van der Waals surface area contributed by atoms with Gasteiger partial charge >= 0.3 is 0 Å². The minimum absolute atomic E-state index is 0. The summed E-state index contributed by atoms with van der Waals surface area (Å²) in [7, 11) is 0. The number of rotatable bonds is 7. The summed E-state index contributed by atoms with van der Waals surface area (Å²) >= 11 is 0. The lowest BCUT2D eigenvalue weighted by molar-refractivity contribution is 0.597. The summed E-state index contributed by atoms with van der Waals surface area (Å²) in [5.41, 5.74) is 1.26. The highest BCUT2D eigenvalue weighted by atomic mass is 127. The molecule has 7 heteroatoms. The highest BCUT2D eigenvalue weighted by Gasteiger charge is 2.14. The second-order valence-corrected chi connectivity index (χ2v) is 7.14. The molecule has 1 aromatic heterocycles. The summed E-state index contributed by atoms with van der Waals surface area (Å²) in [5.74, 6) is 3.16. The summed E-state index contributed by atoms with van der Waals surface area (Å²) in [5, 5.41) is 15.6. The van der Waals surface area contributed by atoms with E-state index in [2.05, 4.69) is 63.5 Å². The highest BCUT2D eigenvalue weighted by Crippen LogP contribution is 2.15. The Hall–Kier alpha value is -1.64. The lowest BCUT2D eigenvalue weighted by Crippen LogP contribution is -2.38. The fraction of sp³-hybridized carbons (Fsp3) is 0.571. The van der Waals surface area contributed by atoms with E-state index in [0.29, 0.717) is 0 Å². The Bertz CT molecular complexity index is 728. The fourth-order valence-electron chi connectivity index (χ4n) is 3.51. The van der Waals surface area contributed by atoms with Crippen molar-refractivity contribution in [3.8, 4) is 0 Å². The second kappa shape index (κ2) is 12.0. The average Bonchev–Trinajstić information content (AvgIpc) is 2.92. The van der Waals surface area contributed by atoms with Gasteiger partial charge in [-0.15, -0.1) is 34.2 Å². The first-order valence-electron chi connectivity index (χ1n) is 10.3. The molecule has 1 aliphatic heterocycles. The standard InChI is InChI=1S/C21H32N6.HI/c1-3-22-21(24-17(2)18-11-6-4-7-12-18)23-15-10-14-20-26-25-19-13-8-5-9-16-27(19)20;/h4,6-7,11-12,17H,3,5,8-10,13-16H2,1-2H3,(H2,22,23,24);1H. The first kappa shape index (κ1) is 22.6. The van der Waals surface area contributed by atoms with Crippen molar-refractivity contribution in [2.24, 2.45) is 4.99 Å². The van der Waals surface area contributed by atoms with Gasteiger partial charge in [-0.05, 0) is 38.7 Å². The van der Waals surface area contributed by atoms with Crippen molar-refractivity contribution in [1.82, 2.24) is 25.4 Å². The molecule has 1 aliphatic rings. The van der Waals surface area contributed by atoms with Crippen molar-refractivity contribution in [1.29, 1.82) is 0 Å². The number of guanidine groups is 1. The SMILES string of the molecule is CCNC(=NCCCc1nnc2n1CCCCC2)NC(C)c1ccccc1.I. The van der Waals surface area contributed by atoms with Crippen LogP contribution in [0.3, 0.4) is 0 Å². The van der Waals surface area contributed by atoms with Crippen LogP contribution in [0.15, 0.2) is 35.3 Å². The van der Waals surface area contributed by atoms with Crippen molar-refractivity contribution in [2.45, 2.75) is 65.0 Å². The predicted molar refractivity (Wildman–Crippen MR) is 125 cm³/mol. The van der Waals surface area contributed by atoms with Crippen molar-refractivity contribution >= 4 is 29.9 Å². The minimum Gasteiger partial charge on any atom is -0.357 e. The Morgan fingerprint density at radius 2 is 2.00 bits per heavy atom. The predicted octanol–water partition coefficient (Wildman–Crippen LogP) is 3.87. The van der Waals surface area contributed by atoms with E-state index in [-0.39, 0.29) is 30.0 Å². The number of hydrogen-bond acceptors (Lipinski definition) is 3. The second-order valence-electron chi connectivity index (χ2n) is 7.14. The third-order valence-electron chi connectivity index (χ3n) is 5.01. The van der Waals surface area contributed by atoms with Gasteiger partial charge in [0, 0.05) is 32.5 Å². The summed E-state index contributed by atoms with van der Waals surface area (Å²) in [6.07, 6.45) is 6.75. The van der Waals surface area contributed by atoms with Gasteiger partial charge in [-0.3, -0.25) is 4.99 Å². The van der Waals surface area contributed by atoms with Crippen LogP contribution in [0.4, 0.5) is 0 Å². The molecular formula is C21H33IN6. The number of nitrogens with one attached hydrogen (secondary N) is 2. The number of aryl methyl sites for hydroxylation is 2. The van der Waals surface area contributed by atoms with Gasteiger partial charge in [0.25, 0.3) is 0 Å². The number of aromatic nitrogens is 3. The molecule has 3 rings (SSSR count). The van der Waals surface area contributed by atoms with Crippen LogP contribution < -0.4 is 10.6 Å². The molecule has 0 aliphatic carbocycles. The molecule has 1 atom stereocenters. The maximum Gasteiger partial charge on any atom is 0.191 e. The molecule has 1 unspecified atom stereocenters. The van der Waals surface area contributed by atoms with Crippen LogP contribution >= 0.6 is 24.0 Å². The van der Waals surface area contributed by atoms with Gasteiger partial charge in [0.05, 0.1) is 6.04 Å². The van der Waals surface area contributed by atoms with Gasteiger partial charge in [-0.25, -0.2) is 0 Å². The third-order valence-corrected chi connectivity index (χ3v) is 5.01. The Balaban J connectivity index is 0.00000280. The van der Waals surface area contributed by atoms with E-state index in [1.165, 1.54) is 24.8 Å². The molecule has 0 saturated carbocycles. The zero-order chi connectivity index (χ0) is 18.9. The fourth-order valence-corrected chi connectivity index (χ4v) is 3.51. The number of halogens is 1. The number of fused-ring (bicyclic) bond motifs is 1. The van der Waals surface area contributed by atoms with Gasteiger partial charge in [-0.2, -0.15) is 0 Å². The topological polar surface area (TPSA) is 67.1 Å². The van der Waals surface area contributed by atoms with E-state index in [4.69, 9.17) is 4.99 Å². The molecule has 2 aromatic rings. The largest absolute Gasteiger partial charge is 0.357 e. The monoisotopic (exact) mass is 496 g/mol. The molecule has 0 amide bonds. The molecule has 0 spiro atoms. The molecule has 0 fully saturated rings. The molecule has 28 heavy (non-hydrogen) atoms. The number of aliphatic imine (C=N–C) groups is 1. The molecule has 154 valence electrons. The Morgan fingerprint density at radius 1 is 1.18 bits per heavy atom. The van der Waals surface area contributed by atoms with Gasteiger partial charge in [0.2, 0.25) is 0 Å². The number of nitrogens with zero attached hydrogens (tertiary/aromatic N) is 4. The minimum atomic E-state index is 0. The van der Waals surface area contributed by atoms with Gasteiger partial charge in [0.1, 0.15) is 11.6 Å². The molecule has 2 heterocycles. The molecule has 1 aromatic carbocycles. The highest BCUT2D eigenvalue weighted by molar-refractivity contribution is 14.0. The maximum absolute atomic E-state index is 4.75. The van der Waals surface area contributed by atoms with E-state index in [1.54, 1.807) is 0 Å². The summed E-state index contributed by atoms with van der Waals surface area (Å²) in [6.45, 7) is 6.95. The van der Waals surface area contributed by atoms with E-state index in [9.17, 15) is 0 Å². The quantitative estimate of drug-likeness (QED) is 0.264. The third kappa shape index (κ3) is 6.46. The molecular weight excluding hydrogens is 463 g/mol. The Labute approximate surface area is 185 Å². The molecule has 2 N–H and O–H groups in total. The molecule has 6 nitrogen and oxygen atoms in total. The zero-order valence-electron chi connectivity index (χ0n) is 17.0. The normalized spacial score (nSPS) is 15.1. The van der Waals surface area contributed by atoms with Gasteiger partial charge in [-0.1, -0.05) is 36.8 Å². The maximum atomic E-state index is 4.75. The van der Waals surface area contributed by atoms with Crippen LogP contribution in [0.5, 0.6) is 0 Å². The summed E-state index contributed by atoms with van der Waals surface area (Å²) < 4.78 is 2.33. The smallest absolute Gasteiger partial charge is 0.191 e. The van der Waals surface area contributed by atoms with E-state index in [1.807, 2.05) is 6.07 Å². The van der Waals surface area contributed by atoms with Crippen LogP contribution in [-0.4, -0.2) is 33.8 Å². The molecule has 0 bridgehead atoms. The van der Waals surface area contributed by atoms with Gasteiger partial charge < -0.3 is 15.2 Å². The molecule has 0 radical (unpaired) electrons. The Kier molecular flexibility index (Phi) is 9.73. The summed E-state index contributed by atoms with van der Waals surface area (Å²) in [4.78, 5) is 4.75. The van der Waals surface area contributed by atoms with E-state index >= 15 is 0 Å². The van der Waals surface area contributed by atoms with Crippen molar-refractivity contribution < 1.29 is 0 Å². The average molecular weight is 496 g/mol. The van der Waals surface area contributed by atoms with Crippen LogP contribution in [0.2, 0.25) is 0 Å². The van der Waals surface area contributed by atoms with Crippen molar-refractivity contribution in [2.75, 3.05) is 13.1 Å². The first-order valence-corrected chi connectivity index (χ1v) is 10.3. The van der Waals surface area contributed by atoms with Crippen LogP contribution in [0.1, 0.15) is 62.8 Å². The molecule has 0 saturated heterocycles. The Morgan fingerprint density at radius 3 is 2.79 bits per heavy atom. The first-order chi connectivity index (χ1) is 13.3.